The fourth-order valence-electron chi connectivity index (χ4n) is 2.83. The van der Waals surface area contributed by atoms with Gasteiger partial charge >= 0.3 is 0 Å². The summed E-state index contributed by atoms with van der Waals surface area (Å²) in [4.78, 5) is 12.2. The molecule has 4 rings (SSSR count). The van der Waals surface area contributed by atoms with Gasteiger partial charge in [0.1, 0.15) is 11.5 Å². The Balaban J connectivity index is 1.86. The number of nitrogens with zero attached hydrogens (tertiary/aromatic N) is 2. The van der Waals surface area contributed by atoms with Crippen molar-refractivity contribution in [1.82, 2.24) is 15.0 Å². The van der Waals surface area contributed by atoms with Crippen LogP contribution in [0.2, 0.25) is 0 Å². The molecule has 0 spiro atoms. The Bertz CT molecular complexity index is 1010. The fourth-order valence-corrected chi connectivity index (χ4v) is 2.83. The first-order valence-corrected chi connectivity index (χ1v) is 7.91. The monoisotopic (exact) mass is 331 g/mol. The van der Waals surface area contributed by atoms with E-state index in [-0.39, 0.29) is 0 Å². The van der Waals surface area contributed by atoms with Crippen LogP contribution in [0.5, 0.6) is 11.5 Å². The molecular formula is C20H17N3O2. The Kier molecular flexibility index (Phi) is 3.82. The van der Waals surface area contributed by atoms with Crippen LogP contribution in [0.4, 0.5) is 0 Å². The first-order chi connectivity index (χ1) is 12.3. The smallest absolute Gasteiger partial charge is 0.178 e. The van der Waals surface area contributed by atoms with Crippen molar-refractivity contribution in [3.8, 4) is 33.9 Å². The minimum atomic E-state index is 0.694. The van der Waals surface area contributed by atoms with Crippen LogP contribution in [0.15, 0.2) is 60.9 Å². The molecule has 2 aromatic heterocycles. The lowest BCUT2D eigenvalue weighted by Gasteiger charge is -2.08. The van der Waals surface area contributed by atoms with Crippen LogP contribution in [0.25, 0.3) is 33.5 Å². The number of ether oxygens (including phenoxy) is 2. The summed E-state index contributed by atoms with van der Waals surface area (Å²) in [6.45, 7) is 0. The number of rotatable bonds is 4. The highest BCUT2D eigenvalue weighted by Crippen LogP contribution is 2.32. The molecule has 2 aromatic carbocycles. The molecule has 4 aromatic rings. The molecular weight excluding hydrogens is 314 g/mol. The number of methoxy groups -OCH3 is 2. The molecule has 5 nitrogen and oxygen atoms in total. The van der Waals surface area contributed by atoms with E-state index in [4.69, 9.17) is 9.47 Å². The SMILES string of the molecule is COc1ccc(-c2cc(-c3ccc(OC)cc3)c3[nH]cnc3n2)cc1. The summed E-state index contributed by atoms with van der Waals surface area (Å²) in [5.74, 6) is 1.65. The van der Waals surface area contributed by atoms with Gasteiger partial charge < -0.3 is 14.5 Å². The maximum absolute atomic E-state index is 5.25. The number of hydrogen-bond acceptors (Lipinski definition) is 4. The Morgan fingerprint density at radius 2 is 1.40 bits per heavy atom. The third-order valence-electron chi connectivity index (χ3n) is 4.18. The number of H-pyrrole nitrogens is 1. The Hall–Kier alpha value is -3.34. The second kappa shape index (κ2) is 6.28. The van der Waals surface area contributed by atoms with E-state index in [0.717, 1.165) is 39.4 Å². The highest BCUT2D eigenvalue weighted by atomic mass is 16.5. The zero-order chi connectivity index (χ0) is 17.2. The quantitative estimate of drug-likeness (QED) is 0.605. The number of fused-ring (bicyclic) bond motifs is 1. The van der Waals surface area contributed by atoms with Gasteiger partial charge in [-0.05, 0) is 48.0 Å². The van der Waals surface area contributed by atoms with E-state index in [1.165, 1.54) is 0 Å². The topological polar surface area (TPSA) is 60.0 Å². The summed E-state index contributed by atoms with van der Waals surface area (Å²) < 4.78 is 10.5. The van der Waals surface area contributed by atoms with Crippen LogP contribution in [0, 0.1) is 0 Å². The summed E-state index contributed by atoms with van der Waals surface area (Å²) >= 11 is 0. The van der Waals surface area contributed by atoms with E-state index in [9.17, 15) is 0 Å². The Morgan fingerprint density at radius 1 is 0.800 bits per heavy atom. The second-order valence-electron chi connectivity index (χ2n) is 5.61. The van der Waals surface area contributed by atoms with Crippen molar-refractivity contribution >= 4 is 11.2 Å². The lowest BCUT2D eigenvalue weighted by atomic mass is 10.0. The summed E-state index contributed by atoms with van der Waals surface area (Å²) in [5.41, 5.74) is 5.62. The normalized spacial score (nSPS) is 10.8. The molecule has 25 heavy (non-hydrogen) atoms. The van der Waals surface area contributed by atoms with E-state index in [0.29, 0.717) is 5.65 Å². The molecule has 0 amide bonds. The zero-order valence-electron chi connectivity index (χ0n) is 14.0. The van der Waals surface area contributed by atoms with Crippen molar-refractivity contribution in [2.45, 2.75) is 0 Å². The molecule has 0 bridgehead atoms. The van der Waals surface area contributed by atoms with E-state index in [1.807, 2.05) is 48.5 Å². The van der Waals surface area contributed by atoms with Crippen molar-refractivity contribution in [3.63, 3.8) is 0 Å². The number of pyridine rings is 1. The van der Waals surface area contributed by atoms with E-state index >= 15 is 0 Å². The number of imidazole rings is 1. The van der Waals surface area contributed by atoms with Crippen LogP contribution in [0.1, 0.15) is 0 Å². The van der Waals surface area contributed by atoms with Crippen LogP contribution in [-0.2, 0) is 0 Å². The van der Waals surface area contributed by atoms with E-state index in [2.05, 4.69) is 21.0 Å². The predicted octanol–water partition coefficient (Wildman–Crippen LogP) is 4.31. The van der Waals surface area contributed by atoms with E-state index in [1.54, 1.807) is 20.5 Å². The third kappa shape index (κ3) is 2.80. The molecule has 2 heterocycles. The van der Waals surface area contributed by atoms with Crippen molar-refractivity contribution in [3.05, 3.63) is 60.9 Å². The van der Waals surface area contributed by atoms with E-state index < -0.39 is 0 Å². The number of nitrogens with one attached hydrogen (secondary N) is 1. The van der Waals surface area contributed by atoms with Gasteiger partial charge in [0, 0.05) is 11.1 Å². The Labute approximate surface area is 145 Å². The molecule has 1 N–H and O–H groups in total. The lowest BCUT2D eigenvalue weighted by molar-refractivity contribution is 0.415. The van der Waals surface area contributed by atoms with Gasteiger partial charge in [-0.1, -0.05) is 12.1 Å². The maximum atomic E-state index is 5.25. The summed E-state index contributed by atoms with van der Waals surface area (Å²) in [6.07, 6.45) is 1.67. The molecule has 124 valence electrons. The summed E-state index contributed by atoms with van der Waals surface area (Å²) in [6, 6.07) is 17.9. The molecule has 0 unspecified atom stereocenters. The first kappa shape index (κ1) is 15.2. The molecule has 0 fully saturated rings. The highest BCUT2D eigenvalue weighted by Gasteiger charge is 2.11. The van der Waals surface area contributed by atoms with Crippen LogP contribution < -0.4 is 9.47 Å². The average Bonchev–Trinajstić information content (AvgIpc) is 3.16. The molecule has 5 heteroatoms. The minimum absolute atomic E-state index is 0.694. The van der Waals surface area contributed by atoms with Crippen LogP contribution in [-0.4, -0.2) is 29.2 Å². The zero-order valence-corrected chi connectivity index (χ0v) is 14.0. The van der Waals surface area contributed by atoms with Crippen molar-refractivity contribution in [2.24, 2.45) is 0 Å². The molecule has 0 aliphatic rings. The predicted molar refractivity (Wildman–Crippen MR) is 97.9 cm³/mol. The van der Waals surface area contributed by atoms with Gasteiger partial charge in [0.15, 0.2) is 5.65 Å². The molecule has 0 atom stereocenters. The number of benzene rings is 2. The highest BCUT2D eigenvalue weighted by molar-refractivity contribution is 5.92. The van der Waals surface area contributed by atoms with Gasteiger partial charge in [-0.15, -0.1) is 0 Å². The molecule has 0 aliphatic heterocycles. The average molecular weight is 331 g/mol. The maximum Gasteiger partial charge on any atom is 0.178 e. The van der Waals surface area contributed by atoms with Gasteiger partial charge in [0.05, 0.1) is 31.8 Å². The summed E-state index contributed by atoms with van der Waals surface area (Å²) in [5, 5.41) is 0. The van der Waals surface area contributed by atoms with Crippen molar-refractivity contribution in [2.75, 3.05) is 14.2 Å². The minimum Gasteiger partial charge on any atom is -0.497 e. The number of aromatic nitrogens is 3. The fraction of sp³-hybridized carbons (Fsp3) is 0.100. The standard InChI is InChI=1S/C20H17N3O2/c1-24-15-7-3-13(4-8-15)17-11-18(23-20-19(17)21-12-22-20)14-5-9-16(25-2)10-6-14/h3-12H,1-2H3,(H,21,22,23). The molecule has 0 radical (unpaired) electrons. The molecule has 0 saturated carbocycles. The largest absolute Gasteiger partial charge is 0.497 e. The Morgan fingerprint density at radius 3 is 2.00 bits per heavy atom. The second-order valence-corrected chi connectivity index (χ2v) is 5.61. The lowest BCUT2D eigenvalue weighted by Crippen LogP contribution is -1.90. The molecule has 0 saturated heterocycles. The van der Waals surface area contributed by atoms with Gasteiger partial charge in [0.2, 0.25) is 0 Å². The molecule has 0 aliphatic carbocycles. The van der Waals surface area contributed by atoms with Crippen LogP contribution in [0.3, 0.4) is 0 Å². The van der Waals surface area contributed by atoms with Gasteiger partial charge in [-0.3, -0.25) is 0 Å². The van der Waals surface area contributed by atoms with Gasteiger partial charge in [-0.2, -0.15) is 0 Å². The van der Waals surface area contributed by atoms with Crippen molar-refractivity contribution < 1.29 is 9.47 Å². The first-order valence-electron chi connectivity index (χ1n) is 7.91. The van der Waals surface area contributed by atoms with Gasteiger partial charge in [-0.25, -0.2) is 9.97 Å². The van der Waals surface area contributed by atoms with Crippen molar-refractivity contribution in [1.29, 1.82) is 0 Å². The number of hydrogen-bond donors (Lipinski definition) is 1. The summed E-state index contributed by atoms with van der Waals surface area (Å²) in [7, 11) is 3.32. The third-order valence-corrected chi connectivity index (χ3v) is 4.18. The van der Waals surface area contributed by atoms with Crippen LogP contribution >= 0.6 is 0 Å². The van der Waals surface area contributed by atoms with Gasteiger partial charge in [0.25, 0.3) is 0 Å². The number of aromatic amines is 1.